The Morgan fingerprint density at radius 1 is 1.17 bits per heavy atom. The van der Waals surface area contributed by atoms with Crippen LogP contribution in [0.15, 0.2) is 60.9 Å². The molecule has 0 amide bonds. The standard InChI is InChI=1S/C21H23N3/c1-14(2)23-17-7-5-16-13-24(21(3,4)19(16)11-17)18-8-6-15-9-10-22-20(15)12-18/h5-12,22-23H,1,13H2,2-4H3. The van der Waals surface area contributed by atoms with Gasteiger partial charge in [-0.1, -0.05) is 18.7 Å². The normalized spacial score (nSPS) is 15.5. The SMILES string of the molecule is C=C(C)Nc1ccc2c(c1)C(C)(C)N(c1ccc3cc[nH]c3c1)C2. The number of anilines is 2. The Hall–Kier alpha value is -2.68. The van der Waals surface area contributed by atoms with Crippen LogP contribution in [0.5, 0.6) is 0 Å². The highest BCUT2D eigenvalue weighted by molar-refractivity contribution is 5.83. The Labute approximate surface area is 143 Å². The van der Waals surface area contributed by atoms with Crippen molar-refractivity contribution in [2.24, 2.45) is 0 Å². The van der Waals surface area contributed by atoms with E-state index in [0.717, 1.165) is 17.9 Å². The number of benzene rings is 2. The molecule has 0 radical (unpaired) electrons. The zero-order chi connectivity index (χ0) is 16.9. The van der Waals surface area contributed by atoms with Gasteiger partial charge in [-0.2, -0.15) is 0 Å². The van der Waals surface area contributed by atoms with Crippen LogP contribution in [0.25, 0.3) is 10.9 Å². The number of H-pyrrole nitrogens is 1. The fraction of sp³-hybridized carbons (Fsp3) is 0.238. The minimum Gasteiger partial charge on any atom is -0.361 e. The number of hydrogen-bond acceptors (Lipinski definition) is 2. The van der Waals surface area contributed by atoms with Crippen LogP contribution in [0.2, 0.25) is 0 Å². The van der Waals surface area contributed by atoms with E-state index in [9.17, 15) is 0 Å². The lowest BCUT2D eigenvalue weighted by atomic mass is 9.93. The molecule has 0 unspecified atom stereocenters. The van der Waals surface area contributed by atoms with Crippen LogP contribution in [0.1, 0.15) is 31.9 Å². The van der Waals surface area contributed by atoms with Gasteiger partial charge in [0.05, 0.1) is 5.54 Å². The summed E-state index contributed by atoms with van der Waals surface area (Å²) in [5, 5.41) is 4.58. The van der Waals surface area contributed by atoms with E-state index in [0.29, 0.717) is 0 Å². The van der Waals surface area contributed by atoms with Gasteiger partial charge in [-0.3, -0.25) is 0 Å². The second kappa shape index (κ2) is 5.17. The lowest BCUT2D eigenvalue weighted by Crippen LogP contribution is -2.35. The predicted molar refractivity (Wildman–Crippen MR) is 102 cm³/mol. The number of aromatic amines is 1. The zero-order valence-corrected chi connectivity index (χ0v) is 14.5. The van der Waals surface area contributed by atoms with Crippen molar-refractivity contribution in [3.05, 3.63) is 72.1 Å². The largest absolute Gasteiger partial charge is 0.361 e. The van der Waals surface area contributed by atoms with E-state index >= 15 is 0 Å². The molecule has 0 saturated carbocycles. The van der Waals surface area contributed by atoms with Crippen LogP contribution in [-0.4, -0.2) is 4.98 Å². The third-order valence-electron chi connectivity index (χ3n) is 4.98. The Balaban J connectivity index is 1.74. The van der Waals surface area contributed by atoms with Gasteiger partial charge >= 0.3 is 0 Å². The second-order valence-corrected chi connectivity index (χ2v) is 7.17. The molecule has 0 aliphatic carbocycles. The first-order chi connectivity index (χ1) is 11.4. The molecule has 2 aromatic carbocycles. The molecule has 0 bridgehead atoms. The van der Waals surface area contributed by atoms with Gasteiger partial charge in [-0.25, -0.2) is 0 Å². The molecule has 3 nitrogen and oxygen atoms in total. The first kappa shape index (κ1) is 14.9. The smallest absolute Gasteiger partial charge is 0.0605 e. The topological polar surface area (TPSA) is 31.1 Å². The first-order valence-corrected chi connectivity index (χ1v) is 8.36. The number of fused-ring (bicyclic) bond motifs is 2. The average Bonchev–Trinajstić information content (AvgIpc) is 3.09. The van der Waals surface area contributed by atoms with Gasteiger partial charge in [0.15, 0.2) is 0 Å². The Kier molecular flexibility index (Phi) is 3.20. The molecule has 1 aliphatic rings. The molecule has 2 heterocycles. The van der Waals surface area contributed by atoms with Gasteiger partial charge in [-0.15, -0.1) is 0 Å². The summed E-state index contributed by atoms with van der Waals surface area (Å²) in [4.78, 5) is 5.79. The highest BCUT2D eigenvalue weighted by atomic mass is 15.2. The summed E-state index contributed by atoms with van der Waals surface area (Å²) < 4.78 is 0. The van der Waals surface area contributed by atoms with E-state index in [1.54, 1.807) is 0 Å². The third-order valence-corrected chi connectivity index (χ3v) is 4.98. The molecule has 2 N–H and O–H groups in total. The summed E-state index contributed by atoms with van der Waals surface area (Å²) in [6.45, 7) is 11.4. The van der Waals surface area contributed by atoms with E-state index in [4.69, 9.17) is 0 Å². The maximum atomic E-state index is 3.94. The van der Waals surface area contributed by atoms with Crippen molar-refractivity contribution < 1.29 is 0 Å². The summed E-state index contributed by atoms with van der Waals surface area (Å²) in [6, 6.07) is 15.4. The summed E-state index contributed by atoms with van der Waals surface area (Å²) in [6.07, 6.45) is 1.99. The van der Waals surface area contributed by atoms with E-state index in [1.807, 2.05) is 13.1 Å². The van der Waals surface area contributed by atoms with Crippen LogP contribution in [-0.2, 0) is 12.1 Å². The van der Waals surface area contributed by atoms with Crippen molar-refractivity contribution in [3.63, 3.8) is 0 Å². The number of rotatable bonds is 3. The van der Waals surface area contributed by atoms with Gasteiger partial charge in [-0.05, 0) is 67.6 Å². The van der Waals surface area contributed by atoms with E-state index < -0.39 is 0 Å². The molecule has 0 atom stereocenters. The molecule has 0 fully saturated rings. The van der Waals surface area contributed by atoms with E-state index in [2.05, 4.69) is 78.1 Å². The Bertz CT molecular complexity index is 933. The minimum atomic E-state index is -0.0532. The maximum Gasteiger partial charge on any atom is 0.0605 e. The van der Waals surface area contributed by atoms with Crippen molar-refractivity contribution in [1.82, 2.24) is 4.98 Å². The molecule has 122 valence electrons. The lowest BCUT2D eigenvalue weighted by Gasteiger charge is -2.34. The van der Waals surface area contributed by atoms with Gasteiger partial charge in [0.25, 0.3) is 0 Å². The number of aromatic nitrogens is 1. The molecule has 3 heteroatoms. The molecule has 0 spiro atoms. The molecule has 3 aromatic rings. The van der Waals surface area contributed by atoms with Crippen molar-refractivity contribution in [1.29, 1.82) is 0 Å². The molecule has 1 aromatic heterocycles. The lowest BCUT2D eigenvalue weighted by molar-refractivity contribution is 0.519. The monoisotopic (exact) mass is 317 g/mol. The van der Waals surface area contributed by atoms with Crippen molar-refractivity contribution >= 4 is 22.3 Å². The molecular weight excluding hydrogens is 294 g/mol. The molecular formula is C21H23N3. The second-order valence-electron chi connectivity index (χ2n) is 7.17. The van der Waals surface area contributed by atoms with Crippen LogP contribution >= 0.6 is 0 Å². The number of allylic oxidation sites excluding steroid dienone is 1. The molecule has 1 aliphatic heterocycles. The molecule has 4 rings (SSSR count). The summed E-state index contributed by atoms with van der Waals surface area (Å²) >= 11 is 0. The fourth-order valence-electron chi connectivity index (χ4n) is 3.74. The number of nitrogens with zero attached hydrogens (tertiary/aromatic N) is 1. The molecule has 0 saturated heterocycles. The highest BCUT2D eigenvalue weighted by Gasteiger charge is 2.37. The Morgan fingerprint density at radius 2 is 2.00 bits per heavy atom. The highest BCUT2D eigenvalue weighted by Crippen LogP contribution is 2.43. The summed E-state index contributed by atoms with van der Waals surface area (Å²) in [5.41, 5.74) is 7.21. The van der Waals surface area contributed by atoms with Gasteiger partial charge in [0, 0.05) is 35.3 Å². The minimum absolute atomic E-state index is 0.0532. The summed E-state index contributed by atoms with van der Waals surface area (Å²) in [5.74, 6) is 0. The average molecular weight is 317 g/mol. The van der Waals surface area contributed by atoms with Crippen molar-refractivity contribution in [2.75, 3.05) is 10.2 Å². The number of hydrogen-bond donors (Lipinski definition) is 2. The quantitative estimate of drug-likeness (QED) is 0.680. The Morgan fingerprint density at radius 3 is 2.79 bits per heavy atom. The first-order valence-electron chi connectivity index (χ1n) is 8.36. The predicted octanol–water partition coefficient (Wildman–Crippen LogP) is 5.37. The van der Waals surface area contributed by atoms with Crippen LogP contribution < -0.4 is 10.2 Å². The maximum absolute atomic E-state index is 3.94. The molecule has 24 heavy (non-hydrogen) atoms. The van der Waals surface area contributed by atoms with Gasteiger partial charge in [0.1, 0.15) is 0 Å². The summed E-state index contributed by atoms with van der Waals surface area (Å²) in [7, 11) is 0. The zero-order valence-electron chi connectivity index (χ0n) is 14.5. The van der Waals surface area contributed by atoms with Gasteiger partial charge < -0.3 is 15.2 Å². The van der Waals surface area contributed by atoms with E-state index in [1.165, 1.54) is 27.7 Å². The van der Waals surface area contributed by atoms with Crippen LogP contribution in [0.4, 0.5) is 11.4 Å². The number of nitrogens with one attached hydrogen (secondary N) is 2. The fourth-order valence-corrected chi connectivity index (χ4v) is 3.74. The van der Waals surface area contributed by atoms with Crippen LogP contribution in [0, 0.1) is 0 Å². The third kappa shape index (κ3) is 2.28. The van der Waals surface area contributed by atoms with Gasteiger partial charge in [0.2, 0.25) is 0 Å². The van der Waals surface area contributed by atoms with E-state index in [-0.39, 0.29) is 5.54 Å². The van der Waals surface area contributed by atoms with Crippen LogP contribution in [0.3, 0.4) is 0 Å². The van der Waals surface area contributed by atoms with Crippen molar-refractivity contribution in [2.45, 2.75) is 32.9 Å². The van der Waals surface area contributed by atoms with Crippen molar-refractivity contribution in [3.8, 4) is 0 Å².